The summed E-state index contributed by atoms with van der Waals surface area (Å²) >= 11 is 0. The predicted octanol–water partition coefficient (Wildman–Crippen LogP) is 3.63. The van der Waals surface area contributed by atoms with E-state index in [1.165, 1.54) is 6.08 Å². The monoisotopic (exact) mass is 344 g/mol. The molecule has 0 saturated carbocycles. The molecule has 0 bridgehead atoms. The van der Waals surface area contributed by atoms with Crippen molar-refractivity contribution in [1.29, 1.82) is 5.26 Å². The first-order valence-corrected chi connectivity index (χ1v) is 7.87. The van der Waals surface area contributed by atoms with Crippen LogP contribution in [0.1, 0.15) is 5.56 Å². The first-order valence-electron chi connectivity index (χ1n) is 7.87. The third-order valence-corrected chi connectivity index (χ3v) is 3.74. The lowest BCUT2D eigenvalue weighted by Crippen LogP contribution is -2.13. The molecule has 0 unspecified atom stereocenters. The van der Waals surface area contributed by atoms with Crippen molar-refractivity contribution in [2.24, 2.45) is 0 Å². The Labute approximate surface area is 150 Å². The van der Waals surface area contributed by atoms with Gasteiger partial charge in [-0.05, 0) is 42.5 Å². The van der Waals surface area contributed by atoms with E-state index >= 15 is 0 Å². The molecular formula is C20H16N4O2. The van der Waals surface area contributed by atoms with Crippen molar-refractivity contribution < 1.29 is 9.53 Å². The smallest absolute Gasteiger partial charge is 0.266 e. The number of hydrogen-bond acceptors (Lipinski definition) is 4. The third kappa shape index (κ3) is 3.79. The number of para-hydroxylation sites is 1. The van der Waals surface area contributed by atoms with Crippen molar-refractivity contribution in [2.75, 3.05) is 12.4 Å². The molecule has 6 nitrogen and oxygen atoms in total. The molecule has 128 valence electrons. The second-order valence-electron chi connectivity index (χ2n) is 5.42. The predicted molar refractivity (Wildman–Crippen MR) is 99.2 cm³/mol. The summed E-state index contributed by atoms with van der Waals surface area (Å²) < 4.78 is 5.15. The standard InChI is InChI=1S/C20H16N4O2/c1-26-18-9-7-14(8-10-18)19-16(13-22-24-19)11-15(12-21)20(25)23-17-5-3-2-4-6-17/h2-11,13H,1H3,(H,22,24)(H,23,25)/b15-11+. The van der Waals surface area contributed by atoms with Gasteiger partial charge in [0.05, 0.1) is 19.0 Å². The lowest BCUT2D eigenvalue weighted by molar-refractivity contribution is -0.112. The summed E-state index contributed by atoms with van der Waals surface area (Å²) in [6.45, 7) is 0. The van der Waals surface area contributed by atoms with Crippen LogP contribution < -0.4 is 10.1 Å². The maximum Gasteiger partial charge on any atom is 0.266 e. The molecule has 0 saturated heterocycles. The van der Waals surface area contributed by atoms with E-state index in [-0.39, 0.29) is 5.57 Å². The van der Waals surface area contributed by atoms with Crippen LogP contribution in [-0.2, 0) is 4.79 Å². The number of nitrogens with one attached hydrogen (secondary N) is 2. The summed E-state index contributed by atoms with van der Waals surface area (Å²) in [5.74, 6) is 0.269. The topological polar surface area (TPSA) is 90.8 Å². The van der Waals surface area contributed by atoms with Crippen molar-refractivity contribution in [3.8, 4) is 23.1 Å². The van der Waals surface area contributed by atoms with Gasteiger partial charge in [0.25, 0.3) is 5.91 Å². The minimum atomic E-state index is -0.472. The normalized spacial score (nSPS) is 10.8. The molecule has 0 radical (unpaired) electrons. The minimum absolute atomic E-state index is 0.00925. The van der Waals surface area contributed by atoms with Crippen LogP contribution in [0.2, 0.25) is 0 Å². The van der Waals surface area contributed by atoms with Gasteiger partial charge in [0.15, 0.2) is 0 Å². The molecule has 2 aromatic carbocycles. The molecular weight excluding hydrogens is 328 g/mol. The fraction of sp³-hybridized carbons (Fsp3) is 0.0500. The quantitative estimate of drug-likeness (QED) is 0.546. The Balaban J connectivity index is 1.87. The molecule has 2 N–H and O–H groups in total. The summed E-state index contributed by atoms with van der Waals surface area (Å²) in [4.78, 5) is 12.4. The van der Waals surface area contributed by atoms with Crippen molar-refractivity contribution in [3.63, 3.8) is 0 Å². The van der Waals surface area contributed by atoms with Gasteiger partial charge >= 0.3 is 0 Å². The van der Waals surface area contributed by atoms with Crippen LogP contribution in [0.4, 0.5) is 5.69 Å². The molecule has 3 aromatic rings. The highest BCUT2D eigenvalue weighted by atomic mass is 16.5. The van der Waals surface area contributed by atoms with Gasteiger partial charge in [-0.15, -0.1) is 0 Å². The Morgan fingerprint density at radius 2 is 1.92 bits per heavy atom. The van der Waals surface area contributed by atoms with Gasteiger partial charge < -0.3 is 10.1 Å². The zero-order valence-electron chi connectivity index (χ0n) is 14.1. The highest BCUT2D eigenvalue weighted by molar-refractivity contribution is 6.10. The van der Waals surface area contributed by atoms with Gasteiger partial charge in [-0.2, -0.15) is 10.4 Å². The number of carbonyl (C=O) groups excluding carboxylic acids is 1. The first kappa shape index (κ1) is 17.0. The van der Waals surface area contributed by atoms with Crippen LogP contribution in [0.5, 0.6) is 5.75 Å². The van der Waals surface area contributed by atoms with E-state index in [4.69, 9.17) is 4.74 Å². The van der Waals surface area contributed by atoms with Crippen LogP contribution in [0.15, 0.2) is 66.4 Å². The van der Waals surface area contributed by atoms with E-state index in [2.05, 4.69) is 15.5 Å². The summed E-state index contributed by atoms with van der Waals surface area (Å²) in [5.41, 5.74) is 2.85. The zero-order chi connectivity index (χ0) is 18.4. The maximum atomic E-state index is 12.4. The number of aromatic nitrogens is 2. The van der Waals surface area contributed by atoms with E-state index in [1.54, 1.807) is 25.4 Å². The number of nitrogens with zero attached hydrogens (tertiary/aromatic N) is 2. The van der Waals surface area contributed by atoms with Crippen molar-refractivity contribution in [2.45, 2.75) is 0 Å². The Bertz CT molecular complexity index is 967. The molecule has 26 heavy (non-hydrogen) atoms. The number of hydrogen-bond donors (Lipinski definition) is 2. The Kier molecular flexibility index (Phi) is 5.11. The summed E-state index contributed by atoms with van der Waals surface area (Å²) in [7, 11) is 1.60. The zero-order valence-corrected chi connectivity index (χ0v) is 14.1. The molecule has 3 rings (SSSR count). The van der Waals surface area contributed by atoms with Crippen LogP contribution in [0.25, 0.3) is 17.3 Å². The largest absolute Gasteiger partial charge is 0.497 e. The van der Waals surface area contributed by atoms with Crippen LogP contribution >= 0.6 is 0 Å². The molecule has 0 aliphatic rings. The summed E-state index contributed by atoms with van der Waals surface area (Å²) in [5, 5.41) is 19.0. The van der Waals surface area contributed by atoms with E-state index in [1.807, 2.05) is 48.5 Å². The number of carbonyl (C=O) groups is 1. The number of nitriles is 1. The molecule has 0 aliphatic heterocycles. The molecule has 0 atom stereocenters. The van der Waals surface area contributed by atoms with Gasteiger partial charge in [0.2, 0.25) is 0 Å². The van der Waals surface area contributed by atoms with E-state index in [0.29, 0.717) is 16.9 Å². The van der Waals surface area contributed by atoms with Gasteiger partial charge in [-0.1, -0.05) is 18.2 Å². The Morgan fingerprint density at radius 3 is 2.58 bits per heavy atom. The Morgan fingerprint density at radius 1 is 1.19 bits per heavy atom. The number of rotatable bonds is 5. The highest BCUT2D eigenvalue weighted by Gasteiger charge is 2.13. The van der Waals surface area contributed by atoms with Gasteiger partial charge in [-0.25, -0.2) is 0 Å². The van der Waals surface area contributed by atoms with Crippen LogP contribution in [0.3, 0.4) is 0 Å². The average Bonchev–Trinajstić information content (AvgIpc) is 3.15. The molecule has 1 amide bonds. The number of anilines is 1. The van der Waals surface area contributed by atoms with E-state index in [0.717, 1.165) is 11.3 Å². The molecule has 0 spiro atoms. The summed E-state index contributed by atoms with van der Waals surface area (Å²) in [6.07, 6.45) is 3.09. The van der Waals surface area contributed by atoms with Crippen LogP contribution in [-0.4, -0.2) is 23.2 Å². The first-order chi connectivity index (χ1) is 12.7. The number of methoxy groups -OCH3 is 1. The molecule has 0 aliphatic carbocycles. The van der Waals surface area contributed by atoms with Gasteiger partial charge in [0.1, 0.15) is 17.4 Å². The fourth-order valence-electron chi connectivity index (χ4n) is 2.42. The Hall–Kier alpha value is -3.85. The SMILES string of the molecule is COc1ccc(-c2[nH]ncc2/C=C(\C#N)C(=O)Nc2ccccc2)cc1. The molecule has 1 aromatic heterocycles. The number of H-pyrrole nitrogens is 1. The lowest BCUT2D eigenvalue weighted by atomic mass is 10.1. The van der Waals surface area contributed by atoms with Gasteiger partial charge in [-0.3, -0.25) is 9.89 Å². The molecule has 1 heterocycles. The van der Waals surface area contributed by atoms with Gasteiger partial charge in [0, 0.05) is 16.8 Å². The number of benzene rings is 2. The van der Waals surface area contributed by atoms with Crippen molar-refractivity contribution >= 4 is 17.7 Å². The van der Waals surface area contributed by atoms with Crippen molar-refractivity contribution in [3.05, 3.63) is 71.9 Å². The molecule has 6 heteroatoms. The highest BCUT2D eigenvalue weighted by Crippen LogP contribution is 2.25. The lowest BCUT2D eigenvalue weighted by Gasteiger charge is -2.05. The summed E-state index contributed by atoms with van der Waals surface area (Å²) in [6, 6.07) is 18.3. The number of ether oxygens (including phenoxy) is 1. The number of amides is 1. The minimum Gasteiger partial charge on any atom is -0.497 e. The van der Waals surface area contributed by atoms with E-state index in [9.17, 15) is 10.1 Å². The van der Waals surface area contributed by atoms with Crippen LogP contribution in [0, 0.1) is 11.3 Å². The second kappa shape index (κ2) is 7.81. The second-order valence-corrected chi connectivity index (χ2v) is 5.42. The maximum absolute atomic E-state index is 12.4. The number of aromatic amines is 1. The average molecular weight is 344 g/mol. The fourth-order valence-corrected chi connectivity index (χ4v) is 2.42. The molecule has 0 fully saturated rings. The van der Waals surface area contributed by atoms with Crippen molar-refractivity contribution in [1.82, 2.24) is 10.2 Å². The van der Waals surface area contributed by atoms with E-state index < -0.39 is 5.91 Å². The third-order valence-electron chi connectivity index (χ3n) is 3.74.